The fourth-order valence-corrected chi connectivity index (χ4v) is 2.42. The first-order valence-electron chi connectivity index (χ1n) is 6.74. The Hall–Kier alpha value is -2.14. The molecular formula is C15H16N2O3. The zero-order valence-corrected chi connectivity index (χ0v) is 11.0. The maximum Gasteiger partial charge on any atom is 0.270 e. The molecule has 104 valence electrons. The fourth-order valence-electron chi connectivity index (χ4n) is 2.42. The molecule has 1 aromatic heterocycles. The van der Waals surface area contributed by atoms with Crippen molar-refractivity contribution in [1.29, 1.82) is 0 Å². The summed E-state index contributed by atoms with van der Waals surface area (Å²) >= 11 is 0. The molecule has 5 nitrogen and oxygen atoms in total. The minimum Gasteiger partial charge on any atom is -0.395 e. The van der Waals surface area contributed by atoms with Crippen LogP contribution in [0.15, 0.2) is 35.1 Å². The maximum absolute atomic E-state index is 12.5. The first-order valence-corrected chi connectivity index (χ1v) is 6.74. The van der Waals surface area contributed by atoms with Gasteiger partial charge in [0, 0.05) is 18.0 Å². The number of H-pyrrole nitrogens is 1. The third kappa shape index (κ3) is 2.32. The number of aromatic amines is 1. The van der Waals surface area contributed by atoms with Gasteiger partial charge in [0.05, 0.1) is 6.61 Å². The third-order valence-corrected chi connectivity index (χ3v) is 3.57. The lowest BCUT2D eigenvalue weighted by Crippen LogP contribution is -2.36. The van der Waals surface area contributed by atoms with Gasteiger partial charge in [-0.05, 0) is 30.4 Å². The predicted octanol–water partition coefficient (Wildman–Crippen LogP) is 1.12. The molecule has 1 amide bonds. The van der Waals surface area contributed by atoms with Crippen molar-refractivity contribution >= 4 is 16.7 Å². The van der Waals surface area contributed by atoms with Crippen LogP contribution in [0.3, 0.4) is 0 Å². The van der Waals surface area contributed by atoms with E-state index in [1.54, 1.807) is 23.1 Å². The summed E-state index contributed by atoms with van der Waals surface area (Å²) in [5.74, 6) is -0.218. The van der Waals surface area contributed by atoms with Gasteiger partial charge in [0.2, 0.25) is 0 Å². The highest BCUT2D eigenvalue weighted by Crippen LogP contribution is 2.27. The Morgan fingerprint density at radius 2 is 2.10 bits per heavy atom. The fraction of sp³-hybridized carbons (Fsp3) is 0.333. The standard InChI is InChI=1S/C15H16N2O3/c18-8-7-17(11-5-6-11)15(20)13-9-10-3-1-2-4-12(10)14(19)16-13/h1-4,9,11,18H,5-8H2,(H,16,19). The average molecular weight is 272 g/mol. The predicted molar refractivity (Wildman–Crippen MR) is 75.7 cm³/mol. The van der Waals surface area contributed by atoms with Crippen LogP contribution in [0, 0.1) is 0 Å². The van der Waals surface area contributed by atoms with Crippen molar-refractivity contribution in [2.24, 2.45) is 0 Å². The van der Waals surface area contributed by atoms with E-state index in [1.807, 2.05) is 12.1 Å². The van der Waals surface area contributed by atoms with Crippen LogP contribution in [0.5, 0.6) is 0 Å². The number of hydrogen-bond acceptors (Lipinski definition) is 3. The van der Waals surface area contributed by atoms with E-state index >= 15 is 0 Å². The van der Waals surface area contributed by atoms with Crippen molar-refractivity contribution in [2.75, 3.05) is 13.2 Å². The van der Waals surface area contributed by atoms with Crippen LogP contribution >= 0.6 is 0 Å². The van der Waals surface area contributed by atoms with Crippen LogP contribution in [0.2, 0.25) is 0 Å². The van der Waals surface area contributed by atoms with Crippen molar-refractivity contribution in [3.05, 3.63) is 46.4 Å². The number of aromatic nitrogens is 1. The second kappa shape index (κ2) is 5.09. The quantitative estimate of drug-likeness (QED) is 0.876. The molecule has 1 heterocycles. The number of pyridine rings is 1. The molecule has 0 spiro atoms. The van der Waals surface area contributed by atoms with E-state index < -0.39 is 0 Å². The van der Waals surface area contributed by atoms with Crippen molar-refractivity contribution < 1.29 is 9.90 Å². The van der Waals surface area contributed by atoms with Crippen LogP contribution in [0.4, 0.5) is 0 Å². The molecule has 0 atom stereocenters. The lowest BCUT2D eigenvalue weighted by Gasteiger charge is -2.21. The molecule has 1 fully saturated rings. The van der Waals surface area contributed by atoms with Crippen molar-refractivity contribution in [3.63, 3.8) is 0 Å². The highest BCUT2D eigenvalue weighted by atomic mass is 16.3. The van der Waals surface area contributed by atoms with Crippen LogP contribution in [-0.4, -0.2) is 40.1 Å². The Balaban J connectivity index is 2.00. The second-order valence-corrected chi connectivity index (χ2v) is 5.05. The van der Waals surface area contributed by atoms with E-state index in [-0.39, 0.29) is 29.8 Å². The van der Waals surface area contributed by atoms with E-state index in [2.05, 4.69) is 4.98 Å². The van der Waals surface area contributed by atoms with Crippen molar-refractivity contribution in [2.45, 2.75) is 18.9 Å². The Morgan fingerprint density at radius 1 is 1.35 bits per heavy atom. The van der Waals surface area contributed by atoms with Gasteiger partial charge in [0.15, 0.2) is 0 Å². The number of rotatable bonds is 4. The first-order chi connectivity index (χ1) is 9.70. The molecular weight excluding hydrogens is 256 g/mol. The largest absolute Gasteiger partial charge is 0.395 e. The van der Waals surface area contributed by atoms with Crippen LogP contribution in [-0.2, 0) is 0 Å². The van der Waals surface area contributed by atoms with E-state index in [1.165, 1.54) is 0 Å². The van der Waals surface area contributed by atoms with E-state index in [9.17, 15) is 9.59 Å². The third-order valence-electron chi connectivity index (χ3n) is 3.57. The molecule has 2 N–H and O–H groups in total. The number of carbonyl (C=O) groups is 1. The number of benzene rings is 1. The van der Waals surface area contributed by atoms with E-state index in [0.29, 0.717) is 11.9 Å². The van der Waals surface area contributed by atoms with Gasteiger partial charge in [-0.25, -0.2) is 0 Å². The number of nitrogens with one attached hydrogen (secondary N) is 1. The number of hydrogen-bond donors (Lipinski definition) is 2. The molecule has 20 heavy (non-hydrogen) atoms. The molecule has 0 radical (unpaired) electrons. The Morgan fingerprint density at radius 3 is 2.80 bits per heavy atom. The molecule has 3 rings (SSSR count). The van der Waals surface area contributed by atoms with Gasteiger partial charge in [0.1, 0.15) is 5.69 Å². The topological polar surface area (TPSA) is 73.4 Å². The smallest absolute Gasteiger partial charge is 0.270 e. The lowest BCUT2D eigenvalue weighted by atomic mass is 10.1. The average Bonchev–Trinajstić information content (AvgIpc) is 3.28. The molecule has 1 saturated carbocycles. The van der Waals surface area contributed by atoms with Crippen LogP contribution in [0.25, 0.3) is 10.8 Å². The molecule has 0 saturated heterocycles. The second-order valence-electron chi connectivity index (χ2n) is 5.05. The number of amides is 1. The summed E-state index contributed by atoms with van der Waals surface area (Å²) in [6.07, 6.45) is 1.92. The normalized spacial score (nSPS) is 14.4. The monoisotopic (exact) mass is 272 g/mol. The van der Waals surface area contributed by atoms with Crippen molar-refractivity contribution in [3.8, 4) is 0 Å². The highest BCUT2D eigenvalue weighted by Gasteiger charge is 2.33. The van der Waals surface area contributed by atoms with Gasteiger partial charge < -0.3 is 15.0 Å². The van der Waals surface area contributed by atoms with E-state index in [0.717, 1.165) is 18.2 Å². The number of fused-ring (bicyclic) bond motifs is 1. The Labute approximate surface area is 115 Å². The summed E-state index contributed by atoms with van der Waals surface area (Å²) in [5.41, 5.74) is 0.0280. The van der Waals surface area contributed by atoms with Gasteiger partial charge in [-0.3, -0.25) is 9.59 Å². The van der Waals surface area contributed by atoms with Crippen molar-refractivity contribution in [1.82, 2.24) is 9.88 Å². The zero-order valence-electron chi connectivity index (χ0n) is 11.0. The number of carbonyl (C=O) groups excluding carboxylic acids is 1. The van der Waals surface area contributed by atoms with Crippen LogP contribution < -0.4 is 5.56 Å². The van der Waals surface area contributed by atoms with Crippen LogP contribution in [0.1, 0.15) is 23.3 Å². The number of aliphatic hydroxyl groups is 1. The summed E-state index contributed by atoms with van der Waals surface area (Å²) in [5, 5.41) is 10.4. The molecule has 0 aliphatic heterocycles. The molecule has 2 aromatic rings. The first kappa shape index (κ1) is 12.9. The number of aliphatic hydroxyl groups excluding tert-OH is 1. The maximum atomic E-state index is 12.5. The lowest BCUT2D eigenvalue weighted by molar-refractivity contribution is 0.0701. The Kier molecular flexibility index (Phi) is 3.28. The van der Waals surface area contributed by atoms with Gasteiger partial charge in [-0.2, -0.15) is 0 Å². The molecule has 1 aliphatic rings. The highest BCUT2D eigenvalue weighted by molar-refractivity contribution is 5.96. The summed E-state index contributed by atoms with van der Waals surface area (Å²) < 4.78 is 0. The zero-order chi connectivity index (χ0) is 14.1. The van der Waals surface area contributed by atoms with Gasteiger partial charge in [0.25, 0.3) is 11.5 Å². The summed E-state index contributed by atoms with van der Waals surface area (Å²) in [4.78, 5) is 28.7. The molecule has 1 aliphatic carbocycles. The summed E-state index contributed by atoms with van der Waals surface area (Å²) in [6.45, 7) is 0.235. The van der Waals surface area contributed by atoms with Gasteiger partial charge in [-0.1, -0.05) is 18.2 Å². The minimum atomic E-state index is -0.258. The Bertz CT molecular complexity index is 704. The number of nitrogens with zero attached hydrogens (tertiary/aromatic N) is 1. The molecule has 0 unspecified atom stereocenters. The minimum absolute atomic E-state index is 0.0694. The SMILES string of the molecule is O=C(c1cc2ccccc2c(=O)[nH]1)N(CCO)C1CC1. The molecule has 0 bridgehead atoms. The molecule has 1 aromatic carbocycles. The molecule has 5 heteroatoms. The van der Waals surface area contributed by atoms with Gasteiger partial charge >= 0.3 is 0 Å². The summed E-state index contributed by atoms with van der Waals surface area (Å²) in [6, 6.07) is 9.07. The van der Waals surface area contributed by atoms with E-state index in [4.69, 9.17) is 5.11 Å². The summed E-state index contributed by atoms with van der Waals surface area (Å²) in [7, 11) is 0. The van der Waals surface area contributed by atoms with Gasteiger partial charge in [-0.15, -0.1) is 0 Å².